The van der Waals surface area contributed by atoms with Crippen molar-refractivity contribution >= 4 is 13.3 Å². The maximum Gasteiger partial charge on any atom is 0.231 e. The molecule has 3 nitrogen and oxygen atoms in total. The third-order valence-corrected chi connectivity index (χ3v) is 8.90. The van der Waals surface area contributed by atoms with E-state index in [2.05, 4.69) is 50.9 Å². The molecule has 2 atom stereocenters. The number of ether oxygens (including phenoxy) is 2. The van der Waals surface area contributed by atoms with Crippen molar-refractivity contribution in [1.82, 2.24) is 0 Å². The molecule has 0 bridgehead atoms. The van der Waals surface area contributed by atoms with Crippen LogP contribution in [0.15, 0.2) is 60.3 Å². The maximum absolute atomic E-state index is 10.9. The highest BCUT2D eigenvalue weighted by atomic mass is 28.3. The normalized spacial score (nSPS) is 15.8. The van der Waals surface area contributed by atoms with E-state index >= 15 is 0 Å². The summed E-state index contributed by atoms with van der Waals surface area (Å²) < 4.78 is 10.8. The summed E-state index contributed by atoms with van der Waals surface area (Å²) in [5.74, 6) is 1.40. The molecular formula is C20H24O3Si. The Morgan fingerprint density at radius 2 is 1.75 bits per heavy atom. The second-order valence-corrected chi connectivity index (χ2v) is 11.3. The van der Waals surface area contributed by atoms with Crippen LogP contribution >= 0.6 is 0 Å². The Kier molecular flexibility index (Phi) is 4.52. The first-order valence-corrected chi connectivity index (χ1v) is 11.2. The van der Waals surface area contributed by atoms with E-state index in [9.17, 15) is 5.11 Å². The smallest absolute Gasteiger partial charge is 0.231 e. The van der Waals surface area contributed by atoms with E-state index in [1.54, 1.807) is 0 Å². The average Bonchev–Trinajstić information content (AvgIpc) is 3.08. The van der Waals surface area contributed by atoms with Crippen molar-refractivity contribution in [2.75, 3.05) is 6.79 Å². The molecular weight excluding hydrogens is 316 g/mol. The lowest BCUT2D eigenvalue weighted by molar-refractivity contribution is 0.137. The van der Waals surface area contributed by atoms with Gasteiger partial charge >= 0.3 is 0 Å². The quantitative estimate of drug-likeness (QED) is 0.842. The van der Waals surface area contributed by atoms with Crippen LogP contribution in [0.4, 0.5) is 0 Å². The second-order valence-electron chi connectivity index (χ2n) is 6.86. The number of aliphatic hydroxyl groups excluding tert-OH is 1. The fourth-order valence-electron chi connectivity index (χ4n) is 3.19. The van der Waals surface area contributed by atoms with Crippen molar-refractivity contribution in [3.63, 3.8) is 0 Å². The summed E-state index contributed by atoms with van der Waals surface area (Å²) >= 11 is 0. The Morgan fingerprint density at radius 3 is 2.46 bits per heavy atom. The van der Waals surface area contributed by atoms with E-state index in [-0.39, 0.29) is 12.7 Å². The Hall–Kier alpha value is -2.04. The summed E-state index contributed by atoms with van der Waals surface area (Å²) in [7, 11) is -1.87. The largest absolute Gasteiger partial charge is 0.454 e. The zero-order chi connectivity index (χ0) is 17.3. The molecule has 0 unspecified atom stereocenters. The molecule has 0 aromatic heterocycles. The van der Waals surface area contributed by atoms with E-state index < -0.39 is 14.2 Å². The van der Waals surface area contributed by atoms with Gasteiger partial charge in [0.05, 0.1) is 6.10 Å². The second kappa shape index (κ2) is 6.46. The lowest BCUT2D eigenvalue weighted by Gasteiger charge is -2.32. The van der Waals surface area contributed by atoms with Crippen molar-refractivity contribution in [2.45, 2.75) is 26.1 Å². The minimum absolute atomic E-state index is 0.0350. The zero-order valence-corrected chi connectivity index (χ0v) is 15.5. The van der Waals surface area contributed by atoms with E-state index in [4.69, 9.17) is 9.47 Å². The lowest BCUT2D eigenvalue weighted by atomic mass is 9.97. The third kappa shape index (κ3) is 2.99. The molecule has 0 amide bonds. The van der Waals surface area contributed by atoms with Gasteiger partial charge in [-0.05, 0) is 17.7 Å². The highest BCUT2D eigenvalue weighted by Crippen LogP contribution is 2.38. The molecule has 1 aliphatic heterocycles. The molecule has 1 N–H and O–H groups in total. The predicted molar refractivity (Wildman–Crippen MR) is 99.4 cm³/mol. The molecule has 126 valence electrons. The monoisotopic (exact) mass is 340 g/mol. The first-order chi connectivity index (χ1) is 11.4. The van der Waals surface area contributed by atoms with Gasteiger partial charge in [-0.3, -0.25) is 0 Å². The molecule has 0 radical (unpaired) electrons. The molecule has 0 saturated heterocycles. The van der Waals surface area contributed by atoms with Crippen LogP contribution in [-0.4, -0.2) is 20.0 Å². The molecule has 1 heterocycles. The number of aliphatic hydroxyl groups is 1. The van der Waals surface area contributed by atoms with E-state index in [1.165, 1.54) is 5.19 Å². The van der Waals surface area contributed by atoms with Crippen LogP contribution in [0.5, 0.6) is 11.5 Å². The standard InChI is InChI=1S/C20H24O3Si/c1-14(15(2)24(3,4)17-8-6-5-7-9-17)20(21)16-10-11-18-19(12-16)23-13-22-18/h5-12,14,20-21H,2,13H2,1,3-4H3/t14-,20+/m0/s1. The number of fused-ring (bicyclic) bond motifs is 1. The van der Waals surface area contributed by atoms with Crippen LogP contribution in [0.1, 0.15) is 18.6 Å². The van der Waals surface area contributed by atoms with Crippen LogP contribution in [0, 0.1) is 5.92 Å². The van der Waals surface area contributed by atoms with Crippen LogP contribution in [0.3, 0.4) is 0 Å². The van der Waals surface area contributed by atoms with Crippen LogP contribution < -0.4 is 14.7 Å². The van der Waals surface area contributed by atoms with Gasteiger partial charge in [0.25, 0.3) is 0 Å². The molecule has 24 heavy (non-hydrogen) atoms. The molecule has 0 fully saturated rings. The fourth-order valence-corrected chi connectivity index (χ4v) is 5.88. The van der Waals surface area contributed by atoms with E-state index in [0.717, 1.165) is 16.5 Å². The van der Waals surface area contributed by atoms with Gasteiger partial charge in [-0.15, -0.1) is 6.58 Å². The van der Waals surface area contributed by atoms with Gasteiger partial charge in [-0.2, -0.15) is 0 Å². The zero-order valence-electron chi connectivity index (χ0n) is 14.5. The summed E-state index contributed by atoms with van der Waals surface area (Å²) in [6.45, 7) is 11.2. The SMILES string of the molecule is C=C([C@H](C)[C@@H](O)c1ccc2c(c1)OCO2)[Si](C)(C)c1ccccc1. The van der Waals surface area contributed by atoms with Gasteiger partial charge in [-0.25, -0.2) is 0 Å². The molecule has 2 aromatic rings. The van der Waals surface area contributed by atoms with Crippen LogP contribution in [0.25, 0.3) is 0 Å². The first-order valence-electron chi connectivity index (χ1n) is 8.23. The van der Waals surface area contributed by atoms with Crippen molar-refractivity contribution in [3.8, 4) is 11.5 Å². The van der Waals surface area contributed by atoms with Crippen molar-refractivity contribution < 1.29 is 14.6 Å². The van der Waals surface area contributed by atoms with Crippen molar-refractivity contribution in [2.24, 2.45) is 5.92 Å². The van der Waals surface area contributed by atoms with Gasteiger partial charge < -0.3 is 14.6 Å². The predicted octanol–water partition coefficient (Wildman–Crippen LogP) is 3.80. The summed E-state index contributed by atoms with van der Waals surface area (Å²) in [5.41, 5.74) is 0.839. The van der Waals surface area contributed by atoms with Gasteiger partial charge in [0, 0.05) is 5.92 Å². The van der Waals surface area contributed by atoms with Gasteiger partial charge in [-0.1, -0.05) is 66.8 Å². The molecule has 2 aromatic carbocycles. The number of hydrogen-bond donors (Lipinski definition) is 1. The molecule has 0 spiro atoms. The first kappa shape index (κ1) is 16.8. The lowest BCUT2D eigenvalue weighted by Crippen LogP contribution is -2.46. The molecule has 1 aliphatic rings. The molecule has 3 rings (SSSR count). The minimum atomic E-state index is -1.87. The fraction of sp³-hybridized carbons (Fsp3) is 0.300. The highest BCUT2D eigenvalue weighted by Gasteiger charge is 2.33. The van der Waals surface area contributed by atoms with Gasteiger partial charge in [0.2, 0.25) is 6.79 Å². The average molecular weight is 340 g/mol. The number of rotatable bonds is 5. The minimum Gasteiger partial charge on any atom is -0.454 e. The summed E-state index contributed by atoms with van der Waals surface area (Å²) in [6, 6.07) is 16.1. The third-order valence-electron chi connectivity index (χ3n) is 5.06. The summed E-state index contributed by atoms with van der Waals surface area (Å²) in [4.78, 5) is 0. The Labute approximate surface area is 144 Å². The Bertz CT molecular complexity index is 740. The maximum atomic E-state index is 10.9. The summed E-state index contributed by atoms with van der Waals surface area (Å²) in [5, 5.41) is 13.3. The highest BCUT2D eigenvalue weighted by molar-refractivity contribution is 6.95. The van der Waals surface area contributed by atoms with E-state index in [0.29, 0.717) is 5.75 Å². The topological polar surface area (TPSA) is 38.7 Å². The Balaban J connectivity index is 1.82. The number of benzene rings is 2. The molecule has 0 aliphatic carbocycles. The van der Waals surface area contributed by atoms with Gasteiger partial charge in [0.1, 0.15) is 8.07 Å². The van der Waals surface area contributed by atoms with Crippen molar-refractivity contribution in [3.05, 3.63) is 65.9 Å². The van der Waals surface area contributed by atoms with Crippen molar-refractivity contribution in [1.29, 1.82) is 0 Å². The summed E-state index contributed by atoms with van der Waals surface area (Å²) in [6.07, 6.45) is -0.609. The van der Waals surface area contributed by atoms with Crippen LogP contribution in [-0.2, 0) is 0 Å². The van der Waals surface area contributed by atoms with E-state index in [1.807, 2.05) is 24.3 Å². The van der Waals surface area contributed by atoms with Crippen LogP contribution in [0.2, 0.25) is 13.1 Å². The molecule has 0 saturated carbocycles. The Morgan fingerprint density at radius 1 is 1.08 bits per heavy atom. The molecule has 4 heteroatoms. The number of hydrogen-bond acceptors (Lipinski definition) is 3. The van der Waals surface area contributed by atoms with Gasteiger partial charge in [0.15, 0.2) is 11.5 Å².